The van der Waals surface area contributed by atoms with Crippen molar-refractivity contribution in [1.29, 1.82) is 0 Å². The number of hydrogen-bond acceptors (Lipinski definition) is 6. The molecular weight excluding hydrogens is 383 g/mol. The molecule has 1 atom stereocenters. The van der Waals surface area contributed by atoms with E-state index < -0.39 is 0 Å². The van der Waals surface area contributed by atoms with Crippen molar-refractivity contribution in [1.82, 2.24) is 19.5 Å². The van der Waals surface area contributed by atoms with Gasteiger partial charge in [-0.3, -0.25) is 9.36 Å². The summed E-state index contributed by atoms with van der Waals surface area (Å²) < 4.78 is 15.7. The number of piperazine rings is 1. The van der Waals surface area contributed by atoms with Gasteiger partial charge >= 0.3 is 0 Å². The maximum absolute atomic E-state index is 14.2. The lowest BCUT2D eigenvalue weighted by Crippen LogP contribution is -2.53. The van der Waals surface area contributed by atoms with Crippen molar-refractivity contribution in [3.05, 3.63) is 65.1 Å². The average Bonchev–Trinajstić information content (AvgIpc) is 2.78. The van der Waals surface area contributed by atoms with Crippen molar-refractivity contribution in [3.63, 3.8) is 0 Å². The Morgan fingerprint density at radius 2 is 1.87 bits per heavy atom. The van der Waals surface area contributed by atoms with Crippen LogP contribution in [0.5, 0.6) is 0 Å². The van der Waals surface area contributed by atoms with E-state index in [4.69, 9.17) is 4.98 Å². The normalized spacial score (nSPS) is 16.1. The summed E-state index contributed by atoms with van der Waals surface area (Å²) in [5, 5.41) is 0. The Bertz CT molecular complexity index is 1040. The highest BCUT2D eigenvalue weighted by molar-refractivity contribution is 5.56. The van der Waals surface area contributed by atoms with Crippen LogP contribution in [0.25, 0.3) is 11.4 Å². The smallest absolute Gasteiger partial charge is 0.255 e. The lowest BCUT2D eigenvalue weighted by atomic mass is 10.1. The molecule has 1 aliphatic heterocycles. The zero-order valence-electron chi connectivity index (χ0n) is 17.8. The molecular formula is C22H27FN6O. The first-order valence-electron chi connectivity index (χ1n) is 10.1. The molecule has 1 unspecified atom stereocenters. The van der Waals surface area contributed by atoms with Gasteiger partial charge in [-0.05, 0) is 25.1 Å². The number of anilines is 2. The van der Waals surface area contributed by atoms with Gasteiger partial charge < -0.3 is 9.80 Å². The molecule has 0 saturated carbocycles. The van der Waals surface area contributed by atoms with Crippen LogP contribution in [0.2, 0.25) is 0 Å². The van der Waals surface area contributed by atoms with Crippen molar-refractivity contribution in [3.8, 4) is 11.4 Å². The number of hydrogen-bond donors (Lipinski definition) is 0. The molecule has 3 aromatic rings. The minimum absolute atomic E-state index is 0.0482. The number of benzene rings is 1. The summed E-state index contributed by atoms with van der Waals surface area (Å²) in [6.07, 6.45) is 3.06. The first-order valence-corrected chi connectivity index (χ1v) is 10.1. The van der Waals surface area contributed by atoms with Gasteiger partial charge in [-0.1, -0.05) is 26.0 Å². The second-order valence-corrected chi connectivity index (χ2v) is 6.87. The van der Waals surface area contributed by atoms with E-state index in [1.807, 2.05) is 24.8 Å². The summed E-state index contributed by atoms with van der Waals surface area (Å²) in [5.74, 6) is 0.362. The van der Waals surface area contributed by atoms with Gasteiger partial charge in [0.05, 0.1) is 17.1 Å². The third kappa shape index (κ3) is 4.32. The minimum Gasteiger partial charge on any atom is -0.365 e. The zero-order valence-corrected chi connectivity index (χ0v) is 17.8. The molecule has 4 rings (SSSR count). The molecule has 0 amide bonds. The number of rotatable bonds is 3. The van der Waals surface area contributed by atoms with E-state index >= 15 is 0 Å². The van der Waals surface area contributed by atoms with Crippen LogP contribution >= 0.6 is 0 Å². The third-order valence-corrected chi connectivity index (χ3v) is 5.03. The van der Waals surface area contributed by atoms with E-state index in [0.717, 1.165) is 0 Å². The molecule has 1 saturated heterocycles. The van der Waals surface area contributed by atoms with Gasteiger partial charge in [-0.25, -0.2) is 19.3 Å². The molecule has 0 aliphatic carbocycles. The SMILES string of the molecule is CC.CC1CN(c2ccccc2F)CCN1c1nc(-c2ccncn2)cc(=O)n1C. The van der Waals surface area contributed by atoms with Crippen molar-refractivity contribution in [2.75, 3.05) is 29.4 Å². The fraction of sp³-hybridized carbons (Fsp3) is 0.364. The summed E-state index contributed by atoms with van der Waals surface area (Å²) >= 11 is 0. The summed E-state index contributed by atoms with van der Waals surface area (Å²) in [6.45, 7) is 7.95. The highest BCUT2D eigenvalue weighted by Crippen LogP contribution is 2.25. The minimum atomic E-state index is -0.223. The van der Waals surface area contributed by atoms with E-state index in [9.17, 15) is 9.18 Å². The molecule has 1 aromatic carbocycles. The maximum Gasteiger partial charge on any atom is 0.255 e. The van der Waals surface area contributed by atoms with Gasteiger partial charge in [-0.2, -0.15) is 0 Å². The monoisotopic (exact) mass is 410 g/mol. The maximum atomic E-state index is 14.2. The molecule has 1 aliphatic rings. The van der Waals surface area contributed by atoms with Crippen molar-refractivity contribution in [2.24, 2.45) is 7.05 Å². The van der Waals surface area contributed by atoms with Crippen LogP contribution < -0.4 is 15.4 Å². The molecule has 0 spiro atoms. The van der Waals surface area contributed by atoms with Crippen LogP contribution in [0.15, 0.2) is 53.7 Å². The van der Waals surface area contributed by atoms with Gasteiger partial charge in [0, 0.05) is 45.0 Å². The summed E-state index contributed by atoms with van der Waals surface area (Å²) in [5.41, 5.74) is 1.57. The van der Waals surface area contributed by atoms with Crippen molar-refractivity contribution in [2.45, 2.75) is 26.8 Å². The predicted molar refractivity (Wildman–Crippen MR) is 117 cm³/mol. The van der Waals surface area contributed by atoms with Crippen LogP contribution in [0, 0.1) is 5.82 Å². The Morgan fingerprint density at radius 1 is 1.10 bits per heavy atom. The topological polar surface area (TPSA) is 67.2 Å². The molecule has 1 fully saturated rings. The van der Waals surface area contributed by atoms with Crippen LogP contribution in [0.4, 0.5) is 16.0 Å². The molecule has 30 heavy (non-hydrogen) atoms. The number of aromatic nitrogens is 4. The molecule has 7 nitrogen and oxygen atoms in total. The fourth-order valence-corrected chi connectivity index (χ4v) is 3.54. The van der Waals surface area contributed by atoms with Crippen molar-refractivity contribution >= 4 is 11.6 Å². The number of para-hydroxylation sites is 1. The van der Waals surface area contributed by atoms with Crippen LogP contribution in [-0.4, -0.2) is 45.2 Å². The quantitative estimate of drug-likeness (QED) is 0.661. The second-order valence-electron chi connectivity index (χ2n) is 6.87. The van der Waals surface area contributed by atoms with Crippen LogP contribution in [0.1, 0.15) is 20.8 Å². The molecule has 8 heteroatoms. The first kappa shape index (κ1) is 21.4. The molecule has 0 radical (unpaired) electrons. The lowest BCUT2D eigenvalue weighted by molar-refractivity contribution is 0.520. The highest BCUT2D eigenvalue weighted by atomic mass is 19.1. The van der Waals surface area contributed by atoms with E-state index in [1.54, 1.807) is 36.0 Å². The van der Waals surface area contributed by atoms with Crippen LogP contribution in [-0.2, 0) is 7.05 Å². The Hall–Kier alpha value is -3.29. The zero-order chi connectivity index (χ0) is 21.7. The predicted octanol–water partition coefficient (Wildman–Crippen LogP) is 3.12. The largest absolute Gasteiger partial charge is 0.365 e. The summed E-state index contributed by atoms with van der Waals surface area (Å²) in [4.78, 5) is 29.4. The van der Waals surface area contributed by atoms with Gasteiger partial charge in [0.1, 0.15) is 12.1 Å². The second kappa shape index (κ2) is 9.47. The standard InChI is InChI=1S/C20H21FN6O.C2H6/c1-14-12-26(18-6-4-3-5-15(18)21)9-10-27(14)20-24-17(11-19(28)25(20)2)16-7-8-22-13-23-16;1-2/h3-8,11,13-14H,9-10,12H2,1-2H3;1-2H3. The molecule has 0 bridgehead atoms. The molecule has 158 valence electrons. The van der Waals surface area contributed by atoms with Crippen LogP contribution in [0.3, 0.4) is 0 Å². The van der Waals surface area contributed by atoms with E-state index in [1.165, 1.54) is 18.5 Å². The molecule has 2 aromatic heterocycles. The first-order chi connectivity index (χ1) is 14.5. The summed E-state index contributed by atoms with van der Waals surface area (Å²) in [6, 6.07) is 10.1. The molecule has 0 N–H and O–H groups in total. The average molecular weight is 410 g/mol. The van der Waals surface area contributed by atoms with E-state index in [0.29, 0.717) is 42.7 Å². The Kier molecular flexibility index (Phi) is 6.76. The Morgan fingerprint density at radius 3 is 2.53 bits per heavy atom. The third-order valence-electron chi connectivity index (χ3n) is 5.03. The van der Waals surface area contributed by atoms with Gasteiger partial charge in [0.2, 0.25) is 5.95 Å². The van der Waals surface area contributed by atoms with Gasteiger partial charge in [0.15, 0.2) is 0 Å². The Labute approximate surface area is 175 Å². The van der Waals surface area contributed by atoms with Gasteiger partial charge in [0.25, 0.3) is 5.56 Å². The van der Waals surface area contributed by atoms with Gasteiger partial charge in [-0.15, -0.1) is 0 Å². The number of halogens is 1. The highest BCUT2D eigenvalue weighted by Gasteiger charge is 2.28. The summed E-state index contributed by atoms with van der Waals surface area (Å²) in [7, 11) is 1.71. The Balaban J connectivity index is 0.00000124. The van der Waals surface area contributed by atoms with Crippen molar-refractivity contribution < 1.29 is 4.39 Å². The lowest BCUT2D eigenvalue weighted by Gasteiger charge is -2.42. The number of nitrogens with zero attached hydrogens (tertiary/aromatic N) is 6. The fourth-order valence-electron chi connectivity index (χ4n) is 3.54. The van der Waals surface area contributed by atoms with E-state index in [2.05, 4.69) is 21.8 Å². The van der Waals surface area contributed by atoms with E-state index in [-0.39, 0.29) is 17.4 Å². The molecule has 3 heterocycles.